The van der Waals surface area contributed by atoms with Crippen LogP contribution < -0.4 is 15.6 Å². The largest absolute Gasteiger partial charge is 0.457 e. The van der Waals surface area contributed by atoms with Crippen molar-refractivity contribution in [2.24, 2.45) is 5.14 Å². The van der Waals surface area contributed by atoms with E-state index in [4.69, 9.17) is 9.56 Å². The van der Waals surface area contributed by atoms with Crippen LogP contribution in [0, 0.1) is 5.82 Å². The molecular weight excluding hydrogens is 413 g/mol. The Morgan fingerprint density at radius 1 is 1.03 bits per heavy atom. The van der Waals surface area contributed by atoms with E-state index in [0.717, 1.165) is 11.1 Å². The molecule has 2 aromatic carbocycles. The van der Waals surface area contributed by atoms with E-state index in [-0.39, 0.29) is 21.9 Å². The third kappa shape index (κ3) is 3.73. The van der Waals surface area contributed by atoms with Crippen molar-refractivity contribution in [2.45, 2.75) is 4.90 Å². The molecule has 0 aliphatic carbocycles. The molecule has 1 aromatic heterocycles. The summed E-state index contributed by atoms with van der Waals surface area (Å²) in [7, 11) is -3.81. The first kappa shape index (κ1) is 19.6. The number of carbonyl (C=O) groups is 2. The van der Waals surface area contributed by atoms with E-state index in [1.807, 2.05) is 0 Å². The maximum absolute atomic E-state index is 13.4. The average molecular weight is 427 g/mol. The van der Waals surface area contributed by atoms with Crippen LogP contribution in [-0.4, -0.2) is 20.2 Å². The van der Waals surface area contributed by atoms with Crippen molar-refractivity contribution in [3.05, 3.63) is 77.8 Å². The molecule has 10 heteroatoms. The molecule has 8 nitrogen and oxygen atoms in total. The van der Waals surface area contributed by atoms with Crippen LogP contribution in [-0.2, 0) is 19.6 Å². The summed E-state index contributed by atoms with van der Waals surface area (Å²) in [6.07, 6.45) is 1.28. The van der Waals surface area contributed by atoms with E-state index >= 15 is 0 Å². The predicted molar refractivity (Wildman–Crippen MR) is 106 cm³/mol. The zero-order valence-electron chi connectivity index (χ0n) is 15.2. The summed E-state index contributed by atoms with van der Waals surface area (Å²) >= 11 is 0. The maximum atomic E-state index is 13.4. The molecule has 0 bridgehead atoms. The van der Waals surface area contributed by atoms with Gasteiger partial charge in [-0.2, -0.15) is 0 Å². The number of benzene rings is 2. The Morgan fingerprint density at radius 3 is 2.43 bits per heavy atom. The fourth-order valence-electron chi connectivity index (χ4n) is 2.89. The number of hydrazine groups is 1. The maximum Gasteiger partial charge on any atom is 0.282 e. The van der Waals surface area contributed by atoms with Crippen LogP contribution >= 0.6 is 0 Å². The second-order valence-electron chi connectivity index (χ2n) is 6.39. The summed E-state index contributed by atoms with van der Waals surface area (Å²) < 4.78 is 41.7. The van der Waals surface area contributed by atoms with Gasteiger partial charge in [0.25, 0.3) is 11.8 Å². The van der Waals surface area contributed by atoms with Crippen molar-refractivity contribution >= 4 is 33.6 Å². The first-order valence-corrected chi connectivity index (χ1v) is 10.1. The van der Waals surface area contributed by atoms with Gasteiger partial charge in [0.05, 0.1) is 10.6 Å². The molecule has 152 valence electrons. The van der Waals surface area contributed by atoms with Crippen molar-refractivity contribution in [1.29, 1.82) is 0 Å². The van der Waals surface area contributed by atoms with Gasteiger partial charge in [0.15, 0.2) is 0 Å². The van der Waals surface area contributed by atoms with Gasteiger partial charge in [-0.15, -0.1) is 0 Å². The molecule has 0 unspecified atom stereocenters. The Labute approximate surface area is 170 Å². The third-order valence-corrected chi connectivity index (χ3v) is 5.27. The number of rotatable bonds is 4. The molecule has 4 rings (SSSR count). The number of hydrogen-bond acceptors (Lipinski definition) is 5. The lowest BCUT2D eigenvalue weighted by Gasteiger charge is -2.14. The minimum absolute atomic E-state index is 0.0363. The normalized spacial score (nSPS) is 15.7. The van der Waals surface area contributed by atoms with Crippen molar-refractivity contribution in [1.82, 2.24) is 5.43 Å². The molecule has 1 saturated heterocycles. The fraction of sp³-hybridized carbons (Fsp3) is 0. The number of primary sulfonamides is 1. The van der Waals surface area contributed by atoms with Gasteiger partial charge < -0.3 is 4.42 Å². The topological polar surface area (TPSA) is 123 Å². The molecule has 30 heavy (non-hydrogen) atoms. The van der Waals surface area contributed by atoms with Gasteiger partial charge in [-0.05, 0) is 60.7 Å². The van der Waals surface area contributed by atoms with Gasteiger partial charge in [0.2, 0.25) is 10.0 Å². The van der Waals surface area contributed by atoms with E-state index in [2.05, 4.69) is 5.43 Å². The zero-order valence-corrected chi connectivity index (χ0v) is 16.0. The molecule has 0 radical (unpaired) electrons. The molecule has 0 saturated carbocycles. The number of nitrogens with one attached hydrogen (secondary N) is 1. The molecule has 1 aliphatic heterocycles. The number of halogens is 1. The van der Waals surface area contributed by atoms with E-state index in [1.54, 1.807) is 12.1 Å². The van der Waals surface area contributed by atoms with Crippen LogP contribution in [0.25, 0.3) is 17.4 Å². The van der Waals surface area contributed by atoms with Gasteiger partial charge in [-0.1, -0.05) is 6.07 Å². The second kappa shape index (κ2) is 7.25. The van der Waals surface area contributed by atoms with Crippen molar-refractivity contribution in [3.63, 3.8) is 0 Å². The molecule has 2 amide bonds. The number of amides is 2. The van der Waals surface area contributed by atoms with Crippen molar-refractivity contribution < 1.29 is 26.8 Å². The Bertz CT molecular complexity index is 1300. The highest BCUT2D eigenvalue weighted by Crippen LogP contribution is 2.26. The minimum Gasteiger partial charge on any atom is -0.457 e. The second-order valence-corrected chi connectivity index (χ2v) is 7.95. The highest BCUT2D eigenvalue weighted by atomic mass is 32.2. The number of anilines is 1. The van der Waals surface area contributed by atoms with Crippen LogP contribution in [0.2, 0.25) is 0 Å². The summed E-state index contributed by atoms with van der Waals surface area (Å²) in [5.74, 6) is -1.22. The van der Waals surface area contributed by atoms with E-state index in [9.17, 15) is 22.4 Å². The molecule has 2 heterocycles. The average Bonchev–Trinajstić information content (AvgIpc) is 3.28. The minimum atomic E-state index is -3.81. The van der Waals surface area contributed by atoms with Crippen LogP contribution in [0.4, 0.5) is 10.1 Å². The standard InChI is InChI=1S/C20H14FN3O5S/c21-13-2-1-3-14(10-13)24-20(26)17(19(25)23-24)11-15-6-9-18(29-15)12-4-7-16(8-5-12)30(22,27)28/h1-11H,(H,23,25)(H2,22,27,28). The molecule has 0 atom stereocenters. The van der Waals surface area contributed by atoms with E-state index in [1.165, 1.54) is 48.5 Å². The highest BCUT2D eigenvalue weighted by molar-refractivity contribution is 7.89. The van der Waals surface area contributed by atoms with Crippen LogP contribution in [0.3, 0.4) is 0 Å². The summed E-state index contributed by atoms with van der Waals surface area (Å²) in [5, 5.41) is 6.03. The molecule has 1 aliphatic rings. The lowest BCUT2D eigenvalue weighted by Crippen LogP contribution is -2.35. The lowest BCUT2D eigenvalue weighted by atomic mass is 10.2. The Morgan fingerprint density at radius 2 is 1.77 bits per heavy atom. The monoisotopic (exact) mass is 427 g/mol. The van der Waals surface area contributed by atoms with Crippen LogP contribution in [0.5, 0.6) is 0 Å². The first-order valence-electron chi connectivity index (χ1n) is 8.58. The SMILES string of the molecule is NS(=O)(=O)c1ccc(-c2ccc(C=C3C(=O)NN(c4cccc(F)c4)C3=O)o2)cc1. The van der Waals surface area contributed by atoms with Gasteiger partial charge >= 0.3 is 0 Å². The number of sulfonamides is 1. The molecule has 3 N–H and O–H groups in total. The highest BCUT2D eigenvalue weighted by Gasteiger charge is 2.34. The first-order chi connectivity index (χ1) is 14.2. The predicted octanol–water partition coefficient (Wildman–Crippen LogP) is 2.19. The van der Waals surface area contributed by atoms with E-state index in [0.29, 0.717) is 11.3 Å². The Hall–Kier alpha value is -3.76. The van der Waals surface area contributed by atoms with Crippen LogP contribution in [0.1, 0.15) is 5.76 Å². The van der Waals surface area contributed by atoms with E-state index < -0.39 is 27.7 Å². The summed E-state index contributed by atoms with van der Waals surface area (Å²) in [6, 6.07) is 14.2. The van der Waals surface area contributed by atoms with Gasteiger partial charge in [0, 0.05) is 5.56 Å². The zero-order chi connectivity index (χ0) is 21.5. The molecule has 3 aromatic rings. The van der Waals surface area contributed by atoms with Gasteiger partial charge in [0.1, 0.15) is 22.9 Å². The molecule has 1 fully saturated rings. The smallest absolute Gasteiger partial charge is 0.282 e. The fourth-order valence-corrected chi connectivity index (χ4v) is 3.41. The Kier molecular flexibility index (Phi) is 4.72. The number of carbonyl (C=O) groups excluding carboxylic acids is 2. The number of furan rings is 1. The number of nitrogens with two attached hydrogens (primary N) is 1. The van der Waals surface area contributed by atoms with Crippen molar-refractivity contribution in [3.8, 4) is 11.3 Å². The summed E-state index contributed by atoms with van der Waals surface area (Å²) in [4.78, 5) is 24.8. The quantitative estimate of drug-likeness (QED) is 0.488. The van der Waals surface area contributed by atoms with Crippen molar-refractivity contribution in [2.75, 3.05) is 5.01 Å². The van der Waals surface area contributed by atoms with Gasteiger partial charge in [-0.25, -0.2) is 23.0 Å². The summed E-state index contributed by atoms with van der Waals surface area (Å²) in [6.45, 7) is 0. The number of nitrogens with zero attached hydrogens (tertiary/aromatic N) is 1. The molecular formula is C20H14FN3O5S. The Balaban J connectivity index is 1.59. The lowest BCUT2D eigenvalue weighted by molar-refractivity contribution is -0.117. The summed E-state index contributed by atoms with van der Waals surface area (Å²) in [5.41, 5.74) is 2.97. The van der Waals surface area contributed by atoms with Gasteiger partial charge in [-0.3, -0.25) is 15.0 Å². The molecule has 0 spiro atoms. The van der Waals surface area contributed by atoms with Crippen LogP contribution in [0.15, 0.2) is 75.5 Å². The number of hydrogen-bond donors (Lipinski definition) is 2. The third-order valence-electron chi connectivity index (χ3n) is 4.34.